The highest BCUT2D eigenvalue weighted by Gasteiger charge is 2.46. The minimum Gasteiger partial charge on any atom is -0.342 e. The van der Waals surface area contributed by atoms with Crippen LogP contribution >= 0.6 is 11.6 Å². The average molecular weight is 426 g/mol. The molecule has 0 radical (unpaired) electrons. The van der Waals surface area contributed by atoms with Crippen LogP contribution in [0.2, 0.25) is 5.02 Å². The third kappa shape index (κ3) is 4.52. The molecule has 5 nitrogen and oxygen atoms in total. The molecule has 158 valence electrons. The van der Waals surface area contributed by atoms with Crippen LogP contribution < -0.4 is 10.6 Å². The van der Waals surface area contributed by atoms with Crippen LogP contribution in [0.25, 0.3) is 0 Å². The molecule has 2 amide bonds. The monoisotopic (exact) mass is 425 g/mol. The van der Waals surface area contributed by atoms with Crippen LogP contribution in [0.3, 0.4) is 0 Å². The van der Waals surface area contributed by atoms with Gasteiger partial charge in [0.2, 0.25) is 11.8 Å². The van der Waals surface area contributed by atoms with Crippen LogP contribution in [0.15, 0.2) is 48.5 Å². The number of nitrogens with one attached hydrogen (secondary N) is 2. The molecule has 3 atom stereocenters. The maximum atomic E-state index is 13.0. The summed E-state index contributed by atoms with van der Waals surface area (Å²) >= 11 is 5.94. The Hall–Kier alpha value is -2.37. The van der Waals surface area contributed by atoms with Gasteiger partial charge < -0.3 is 15.5 Å². The summed E-state index contributed by atoms with van der Waals surface area (Å²) < 4.78 is 0. The van der Waals surface area contributed by atoms with Crippen LogP contribution in [0.5, 0.6) is 0 Å². The van der Waals surface area contributed by atoms with Gasteiger partial charge in [-0.05, 0) is 41.2 Å². The van der Waals surface area contributed by atoms with E-state index in [1.54, 1.807) is 17.0 Å². The van der Waals surface area contributed by atoms with E-state index in [-0.39, 0.29) is 23.9 Å². The molecule has 0 spiro atoms. The molecule has 2 aliphatic heterocycles. The summed E-state index contributed by atoms with van der Waals surface area (Å²) in [6.07, 6.45) is 1.13. The van der Waals surface area contributed by atoms with E-state index in [1.807, 2.05) is 12.1 Å². The van der Waals surface area contributed by atoms with Crippen LogP contribution in [0.1, 0.15) is 42.9 Å². The SMILES string of the molecule is CC(C)c1ccc(CN[C@H]2C[C@H]3C(=O)N[C@@H](Cc4ccc(Cl)cc4)C(=O)N3C2)cc1. The van der Waals surface area contributed by atoms with Gasteiger partial charge in [0.25, 0.3) is 0 Å². The molecule has 0 aliphatic carbocycles. The minimum absolute atomic E-state index is 0.000126. The lowest BCUT2D eigenvalue weighted by atomic mass is 10.0. The minimum atomic E-state index is -0.516. The van der Waals surface area contributed by atoms with Crippen molar-refractivity contribution in [3.63, 3.8) is 0 Å². The van der Waals surface area contributed by atoms with Gasteiger partial charge in [-0.1, -0.05) is 61.8 Å². The van der Waals surface area contributed by atoms with Crippen LogP contribution in [-0.2, 0) is 22.6 Å². The quantitative estimate of drug-likeness (QED) is 0.746. The van der Waals surface area contributed by atoms with Crippen molar-refractivity contribution < 1.29 is 9.59 Å². The van der Waals surface area contributed by atoms with Crippen LogP contribution in [-0.4, -0.2) is 41.4 Å². The fourth-order valence-corrected chi connectivity index (χ4v) is 4.41. The number of carbonyl (C=O) groups excluding carboxylic acids is 2. The van der Waals surface area contributed by atoms with E-state index < -0.39 is 6.04 Å². The Labute approximate surface area is 182 Å². The lowest BCUT2D eigenvalue weighted by molar-refractivity contribution is -0.147. The van der Waals surface area contributed by atoms with Crippen molar-refractivity contribution in [2.24, 2.45) is 0 Å². The number of fused-ring (bicyclic) bond motifs is 1. The third-order valence-corrected chi connectivity index (χ3v) is 6.35. The van der Waals surface area contributed by atoms with Gasteiger partial charge in [-0.3, -0.25) is 9.59 Å². The number of benzene rings is 2. The first kappa shape index (κ1) is 20.9. The Balaban J connectivity index is 1.35. The van der Waals surface area contributed by atoms with E-state index in [4.69, 9.17) is 11.6 Å². The number of amides is 2. The third-order valence-electron chi connectivity index (χ3n) is 6.10. The molecule has 2 fully saturated rings. The molecule has 2 saturated heterocycles. The van der Waals surface area contributed by atoms with E-state index >= 15 is 0 Å². The molecule has 6 heteroatoms. The highest BCUT2D eigenvalue weighted by molar-refractivity contribution is 6.30. The number of rotatable bonds is 6. The molecule has 2 aliphatic rings. The van der Waals surface area contributed by atoms with Crippen molar-refractivity contribution in [3.05, 3.63) is 70.2 Å². The van der Waals surface area contributed by atoms with Crippen molar-refractivity contribution in [2.45, 2.75) is 57.3 Å². The van der Waals surface area contributed by atoms with Crippen molar-refractivity contribution in [3.8, 4) is 0 Å². The molecule has 2 aromatic carbocycles. The Bertz CT molecular complexity index is 911. The number of piperazine rings is 1. The number of carbonyl (C=O) groups is 2. The summed E-state index contributed by atoms with van der Waals surface area (Å²) in [5.74, 6) is 0.461. The molecule has 30 heavy (non-hydrogen) atoms. The second-order valence-corrected chi connectivity index (χ2v) is 9.04. The maximum absolute atomic E-state index is 13.0. The molecule has 0 bridgehead atoms. The number of hydrogen-bond acceptors (Lipinski definition) is 3. The fourth-order valence-electron chi connectivity index (χ4n) is 4.28. The Morgan fingerprint density at radius 3 is 2.40 bits per heavy atom. The first-order valence-electron chi connectivity index (χ1n) is 10.6. The summed E-state index contributed by atoms with van der Waals surface area (Å²) in [5.41, 5.74) is 3.52. The summed E-state index contributed by atoms with van der Waals surface area (Å²) in [7, 11) is 0. The van der Waals surface area contributed by atoms with E-state index in [1.165, 1.54) is 11.1 Å². The summed E-state index contributed by atoms with van der Waals surface area (Å²) in [6, 6.07) is 15.2. The van der Waals surface area contributed by atoms with Gasteiger partial charge in [0.05, 0.1) is 0 Å². The summed E-state index contributed by atoms with van der Waals surface area (Å²) in [5, 5.41) is 7.10. The number of halogens is 1. The Kier molecular flexibility index (Phi) is 6.11. The summed E-state index contributed by atoms with van der Waals surface area (Å²) in [4.78, 5) is 27.4. The molecule has 0 saturated carbocycles. The van der Waals surface area contributed by atoms with E-state index in [2.05, 4.69) is 48.7 Å². The predicted octanol–water partition coefficient (Wildman–Crippen LogP) is 3.26. The molecular weight excluding hydrogens is 398 g/mol. The van der Waals surface area contributed by atoms with Gasteiger partial charge in [-0.25, -0.2) is 0 Å². The molecule has 0 aromatic heterocycles. The predicted molar refractivity (Wildman–Crippen MR) is 118 cm³/mol. The maximum Gasteiger partial charge on any atom is 0.246 e. The normalized spacial score (nSPS) is 23.6. The van der Waals surface area contributed by atoms with E-state index in [0.29, 0.717) is 30.3 Å². The van der Waals surface area contributed by atoms with E-state index in [9.17, 15) is 9.59 Å². The van der Waals surface area contributed by atoms with Gasteiger partial charge in [-0.2, -0.15) is 0 Å². The largest absolute Gasteiger partial charge is 0.342 e. The smallest absolute Gasteiger partial charge is 0.246 e. The molecule has 2 N–H and O–H groups in total. The zero-order valence-electron chi connectivity index (χ0n) is 17.4. The first-order valence-corrected chi connectivity index (χ1v) is 11.0. The Morgan fingerprint density at radius 2 is 1.73 bits per heavy atom. The van der Waals surface area contributed by atoms with Gasteiger partial charge >= 0.3 is 0 Å². The highest BCUT2D eigenvalue weighted by Crippen LogP contribution is 2.24. The standard InChI is InChI=1S/C24H28ClN3O2/c1-15(2)18-7-3-17(4-8-18)13-26-20-12-22-23(29)27-21(24(30)28(22)14-20)11-16-5-9-19(25)10-6-16/h3-10,15,20-22,26H,11-14H2,1-2H3,(H,27,29)/t20-,21-,22-/m0/s1. The van der Waals surface area contributed by atoms with Crippen molar-refractivity contribution in [1.29, 1.82) is 0 Å². The lowest BCUT2D eigenvalue weighted by Crippen LogP contribution is -2.61. The van der Waals surface area contributed by atoms with Crippen molar-refractivity contribution in [1.82, 2.24) is 15.5 Å². The van der Waals surface area contributed by atoms with Crippen LogP contribution in [0, 0.1) is 0 Å². The zero-order valence-corrected chi connectivity index (χ0v) is 18.2. The average Bonchev–Trinajstić information content (AvgIpc) is 3.17. The van der Waals surface area contributed by atoms with Crippen molar-refractivity contribution in [2.75, 3.05) is 6.54 Å². The van der Waals surface area contributed by atoms with Crippen LogP contribution in [0.4, 0.5) is 0 Å². The molecule has 2 aromatic rings. The van der Waals surface area contributed by atoms with Crippen molar-refractivity contribution >= 4 is 23.4 Å². The second-order valence-electron chi connectivity index (χ2n) is 8.61. The van der Waals surface area contributed by atoms with Gasteiger partial charge in [0.1, 0.15) is 12.1 Å². The first-order chi connectivity index (χ1) is 14.4. The number of hydrogen-bond donors (Lipinski definition) is 2. The van der Waals surface area contributed by atoms with Gasteiger partial charge in [-0.15, -0.1) is 0 Å². The van der Waals surface area contributed by atoms with E-state index in [0.717, 1.165) is 12.1 Å². The van der Waals surface area contributed by atoms with Gasteiger partial charge in [0, 0.05) is 30.6 Å². The second kappa shape index (κ2) is 8.78. The molecule has 4 rings (SSSR count). The topological polar surface area (TPSA) is 61.4 Å². The molecule has 2 heterocycles. The fraction of sp³-hybridized carbons (Fsp3) is 0.417. The molecular formula is C24H28ClN3O2. The number of nitrogens with zero attached hydrogens (tertiary/aromatic N) is 1. The van der Waals surface area contributed by atoms with Gasteiger partial charge in [0.15, 0.2) is 0 Å². The highest BCUT2D eigenvalue weighted by atomic mass is 35.5. The summed E-state index contributed by atoms with van der Waals surface area (Å²) in [6.45, 7) is 5.67. The lowest BCUT2D eigenvalue weighted by Gasteiger charge is -2.34. The molecule has 0 unspecified atom stereocenters. The Morgan fingerprint density at radius 1 is 1.07 bits per heavy atom. The zero-order chi connectivity index (χ0) is 21.3.